The van der Waals surface area contributed by atoms with E-state index in [0.29, 0.717) is 35.5 Å². The van der Waals surface area contributed by atoms with Gasteiger partial charge in [-0.1, -0.05) is 5.16 Å². The molecule has 0 radical (unpaired) electrons. The minimum absolute atomic E-state index is 0.0646. The predicted octanol–water partition coefficient (Wildman–Crippen LogP) is 5.44. The number of fused-ring (bicyclic) bond motifs is 3. The quantitative estimate of drug-likeness (QED) is 0.255. The largest absolute Gasteiger partial charge is 0.496 e. The van der Waals surface area contributed by atoms with Gasteiger partial charge in [-0.3, -0.25) is 0 Å². The second-order valence-electron chi connectivity index (χ2n) is 10.8. The summed E-state index contributed by atoms with van der Waals surface area (Å²) < 4.78 is 13.2. The first-order valence-corrected chi connectivity index (χ1v) is 13.4. The van der Waals surface area contributed by atoms with Gasteiger partial charge >= 0.3 is 6.09 Å². The molecule has 1 amide bonds. The molecule has 5 aromatic rings. The first kappa shape index (κ1) is 24.4. The van der Waals surface area contributed by atoms with Crippen LogP contribution in [0.25, 0.3) is 33.1 Å². The molecule has 2 fully saturated rings. The zero-order chi connectivity index (χ0) is 27.9. The Bertz CT molecular complexity index is 1790. The van der Waals surface area contributed by atoms with Gasteiger partial charge in [-0.15, -0.1) is 0 Å². The Morgan fingerprint density at radius 3 is 2.65 bits per heavy atom. The van der Waals surface area contributed by atoms with Crippen molar-refractivity contribution in [2.75, 3.05) is 19.0 Å². The molecule has 0 bridgehead atoms. The van der Waals surface area contributed by atoms with Crippen LogP contribution in [0.1, 0.15) is 54.7 Å². The van der Waals surface area contributed by atoms with Crippen molar-refractivity contribution in [3.8, 4) is 16.9 Å². The van der Waals surface area contributed by atoms with Crippen molar-refractivity contribution >= 4 is 39.7 Å². The van der Waals surface area contributed by atoms with Crippen molar-refractivity contribution < 1.29 is 19.2 Å². The second kappa shape index (κ2) is 8.70. The zero-order valence-electron chi connectivity index (χ0n) is 22.9. The van der Waals surface area contributed by atoms with Crippen LogP contribution in [0, 0.1) is 20.8 Å². The Kier molecular flexibility index (Phi) is 5.31. The summed E-state index contributed by atoms with van der Waals surface area (Å²) in [4.78, 5) is 26.0. The number of benzene rings is 1. The van der Waals surface area contributed by atoms with Gasteiger partial charge in [0.1, 0.15) is 34.6 Å². The number of hydrogen-bond donors (Lipinski definition) is 3. The molecule has 2 atom stereocenters. The van der Waals surface area contributed by atoms with Gasteiger partial charge in [0.05, 0.1) is 41.5 Å². The van der Waals surface area contributed by atoms with Crippen LogP contribution in [0.3, 0.4) is 0 Å². The van der Waals surface area contributed by atoms with E-state index in [1.165, 1.54) is 4.90 Å². The summed E-state index contributed by atoms with van der Waals surface area (Å²) in [6.07, 6.45) is 1.32. The maximum absolute atomic E-state index is 11.6. The van der Waals surface area contributed by atoms with Gasteiger partial charge in [-0.05, 0) is 52.7 Å². The number of aryl methyl sites for hydroxylation is 3. The van der Waals surface area contributed by atoms with Gasteiger partial charge in [0.25, 0.3) is 0 Å². The Morgan fingerprint density at radius 1 is 1.20 bits per heavy atom. The molecule has 3 N–H and O–H groups in total. The van der Waals surface area contributed by atoms with Crippen LogP contribution in [0.5, 0.6) is 5.75 Å². The molecular formula is C28H30N8O4. The molecule has 40 heavy (non-hydrogen) atoms. The van der Waals surface area contributed by atoms with E-state index < -0.39 is 6.09 Å². The molecule has 7 rings (SSSR count). The molecule has 0 spiro atoms. The molecule has 4 aromatic heterocycles. The van der Waals surface area contributed by atoms with Crippen molar-refractivity contribution in [2.24, 2.45) is 0 Å². The number of carboxylic acid groups (broad SMARTS) is 1. The zero-order valence-corrected chi connectivity index (χ0v) is 22.9. The highest BCUT2D eigenvalue weighted by Gasteiger charge is 2.42. The summed E-state index contributed by atoms with van der Waals surface area (Å²) in [5, 5.41) is 23.8. The van der Waals surface area contributed by atoms with Gasteiger partial charge < -0.3 is 29.6 Å². The van der Waals surface area contributed by atoms with E-state index in [2.05, 4.69) is 21.5 Å². The normalized spacial score (nSPS) is 18.9. The number of hydrogen-bond acceptors (Lipinski definition) is 8. The van der Waals surface area contributed by atoms with Gasteiger partial charge in [-0.2, -0.15) is 5.10 Å². The summed E-state index contributed by atoms with van der Waals surface area (Å²) in [6.45, 7) is 7.97. The summed E-state index contributed by atoms with van der Waals surface area (Å²) >= 11 is 0. The SMILES string of the molecule is COc1cc2c(cc1-c1c(C)noc1C)[nH]c1nc(C)nc(Nc3cc(C4CC4)nn3C3CN(C(=O)O)C3C)c12. The number of likely N-dealkylation sites (tertiary alicyclic amines) is 1. The number of methoxy groups -OCH3 is 1. The van der Waals surface area contributed by atoms with Gasteiger partial charge in [-0.25, -0.2) is 19.4 Å². The number of nitrogens with zero attached hydrogens (tertiary/aromatic N) is 6. The fraction of sp³-hybridized carbons (Fsp3) is 0.393. The lowest BCUT2D eigenvalue weighted by atomic mass is 9.99. The summed E-state index contributed by atoms with van der Waals surface area (Å²) in [6, 6.07) is 5.85. The van der Waals surface area contributed by atoms with Crippen LogP contribution in [0.15, 0.2) is 22.7 Å². The molecule has 1 saturated carbocycles. The minimum Gasteiger partial charge on any atom is -0.496 e. The fourth-order valence-corrected chi connectivity index (χ4v) is 5.84. The lowest BCUT2D eigenvalue weighted by Crippen LogP contribution is -2.57. The highest BCUT2D eigenvalue weighted by molar-refractivity contribution is 6.13. The molecule has 2 unspecified atom stereocenters. The molecule has 206 valence electrons. The molecule has 1 aliphatic heterocycles. The van der Waals surface area contributed by atoms with Crippen molar-refractivity contribution in [3.63, 3.8) is 0 Å². The highest BCUT2D eigenvalue weighted by Crippen LogP contribution is 2.44. The molecule has 5 heterocycles. The summed E-state index contributed by atoms with van der Waals surface area (Å²) in [5.41, 5.74) is 5.17. The van der Waals surface area contributed by atoms with Crippen LogP contribution in [-0.2, 0) is 0 Å². The van der Waals surface area contributed by atoms with Crippen molar-refractivity contribution in [1.82, 2.24) is 34.8 Å². The van der Waals surface area contributed by atoms with Gasteiger partial charge in [0.15, 0.2) is 0 Å². The van der Waals surface area contributed by atoms with Gasteiger partial charge in [0, 0.05) is 35.0 Å². The molecule has 1 aliphatic carbocycles. The first-order chi connectivity index (χ1) is 19.2. The number of anilines is 2. The van der Waals surface area contributed by atoms with Crippen molar-refractivity contribution in [2.45, 2.75) is 58.5 Å². The average molecular weight is 543 g/mol. The Balaban J connectivity index is 1.36. The third kappa shape index (κ3) is 3.69. The van der Waals surface area contributed by atoms with E-state index in [9.17, 15) is 9.90 Å². The number of H-pyrrole nitrogens is 1. The summed E-state index contributed by atoms with van der Waals surface area (Å²) in [5.74, 6) is 3.90. The maximum atomic E-state index is 11.6. The predicted molar refractivity (Wildman–Crippen MR) is 148 cm³/mol. The van der Waals surface area contributed by atoms with Gasteiger partial charge in [0.2, 0.25) is 0 Å². The molecule has 12 nitrogen and oxygen atoms in total. The fourth-order valence-electron chi connectivity index (χ4n) is 5.84. The number of aromatic nitrogens is 6. The molecular weight excluding hydrogens is 512 g/mol. The number of aromatic amines is 1. The summed E-state index contributed by atoms with van der Waals surface area (Å²) in [7, 11) is 1.65. The van der Waals surface area contributed by atoms with Crippen molar-refractivity contribution in [1.29, 1.82) is 0 Å². The van der Waals surface area contributed by atoms with E-state index in [4.69, 9.17) is 24.3 Å². The molecule has 1 aromatic carbocycles. The van der Waals surface area contributed by atoms with E-state index in [1.54, 1.807) is 7.11 Å². The average Bonchev–Trinajstić information content (AvgIpc) is 3.47. The molecule has 12 heteroatoms. The van der Waals surface area contributed by atoms with E-state index in [0.717, 1.165) is 63.2 Å². The number of ether oxygens (including phenoxy) is 1. The van der Waals surface area contributed by atoms with E-state index in [-0.39, 0.29) is 12.1 Å². The Morgan fingerprint density at radius 2 is 2.00 bits per heavy atom. The molecule has 1 saturated heterocycles. The van der Waals surface area contributed by atoms with E-state index in [1.807, 2.05) is 44.5 Å². The second-order valence-corrected chi connectivity index (χ2v) is 10.8. The van der Waals surface area contributed by atoms with Crippen molar-refractivity contribution in [3.05, 3.63) is 41.2 Å². The number of carbonyl (C=O) groups is 1. The Labute approximate surface area is 229 Å². The topological polar surface area (TPSA) is 147 Å². The monoisotopic (exact) mass is 542 g/mol. The van der Waals surface area contributed by atoms with Crippen LogP contribution in [-0.4, -0.2) is 65.7 Å². The first-order valence-electron chi connectivity index (χ1n) is 13.4. The Hall–Kier alpha value is -4.61. The minimum atomic E-state index is -0.912. The number of rotatable bonds is 6. The van der Waals surface area contributed by atoms with Crippen LogP contribution in [0.2, 0.25) is 0 Å². The maximum Gasteiger partial charge on any atom is 0.407 e. The number of amides is 1. The highest BCUT2D eigenvalue weighted by atomic mass is 16.5. The number of nitrogens with one attached hydrogen (secondary N) is 2. The van der Waals surface area contributed by atoms with Crippen LogP contribution < -0.4 is 10.1 Å². The van der Waals surface area contributed by atoms with Crippen LogP contribution in [0.4, 0.5) is 16.4 Å². The lowest BCUT2D eigenvalue weighted by Gasteiger charge is -2.44. The van der Waals surface area contributed by atoms with Crippen LogP contribution >= 0.6 is 0 Å². The lowest BCUT2D eigenvalue weighted by molar-refractivity contribution is 0.0344. The third-order valence-corrected chi connectivity index (χ3v) is 8.17. The third-order valence-electron chi connectivity index (χ3n) is 8.17. The smallest absolute Gasteiger partial charge is 0.407 e. The van der Waals surface area contributed by atoms with E-state index >= 15 is 0 Å². The standard InChI is InChI=1S/C28H30N8O4/c1-12-24(14(3)40-34-12)18-8-20-17(9-22(18)39-5)25-26(31-20)29-15(4)30-27(25)32-23-10-19(16-6-7-16)33-36(23)21-11-35(13(21)2)28(37)38/h8-10,13,16,21H,6-7,11H2,1-5H3,(H,37,38)(H2,29,30,31,32). The molecule has 2 aliphatic rings.